The zero-order chi connectivity index (χ0) is 13.9. The van der Waals surface area contributed by atoms with Crippen LogP contribution in [0.15, 0.2) is 17.8 Å². The molecule has 3 rings (SSSR count). The van der Waals surface area contributed by atoms with E-state index in [9.17, 15) is 0 Å². The van der Waals surface area contributed by atoms with Gasteiger partial charge in [0.05, 0.1) is 5.39 Å². The molecule has 0 unspecified atom stereocenters. The number of nitrogens with one attached hydrogen (secondary N) is 1. The Morgan fingerprint density at radius 1 is 1.45 bits per heavy atom. The maximum Gasteiger partial charge on any atom is 0.252 e. The highest BCUT2D eigenvalue weighted by atomic mass is 32.1. The topological polar surface area (TPSA) is 92.3 Å². The van der Waals surface area contributed by atoms with E-state index in [1.54, 1.807) is 16.0 Å². The summed E-state index contributed by atoms with van der Waals surface area (Å²) in [6, 6.07) is 3.90. The Morgan fingerprint density at radius 3 is 3.10 bits per heavy atom. The molecule has 0 atom stereocenters. The maximum atomic E-state index is 8.72. The van der Waals surface area contributed by atoms with Gasteiger partial charge in [0.2, 0.25) is 0 Å². The Bertz CT molecular complexity index is 783. The largest absolute Gasteiger partial charge is 0.370 e. The van der Waals surface area contributed by atoms with Crippen molar-refractivity contribution in [1.29, 1.82) is 5.26 Å². The van der Waals surface area contributed by atoms with Gasteiger partial charge in [0.25, 0.3) is 5.82 Å². The summed E-state index contributed by atoms with van der Waals surface area (Å²) < 4.78 is 1.56. The monoisotopic (exact) mass is 285 g/mol. The molecule has 7 nitrogen and oxygen atoms in total. The molecular formula is C12H11N7S. The fraction of sp³-hybridized carbons (Fsp3) is 0.250. The average Bonchev–Trinajstić information content (AvgIpc) is 3.07. The van der Waals surface area contributed by atoms with E-state index < -0.39 is 0 Å². The van der Waals surface area contributed by atoms with E-state index in [4.69, 9.17) is 5.26 Å². The lowest BCUT2D eigenvalue weighted by Crippen LogP contribution is -2.08. The summed E-state index contributed by atoms with van der Waals surface area (Å²) >= 11 is 1.57. The van der Waals surface area contributed by atoms with Crippen molar-refractivity contribution >= 4 is 27.4 Å². The van der Waals surface area contributed by atoms with Crippen LogP contribution in [0.2, 0.25) is 0 Å². The van der Waals surface area contributed by atoms with Crippen molar-refractivity contribution in [3.8, 4) is 6.07 Å². The van der Waals surface area contributed by atoms with Gasteiger partial charge in [-0.05, 0) is 18.4 Å². The van der Waals surface area contributed by atoms with Crippen LogP contribution in [0.4, 0.5) is 5.82 Å². The lowest BCUT2D eigenvalue weighted by molar-refractivity contribution is 0.655. The molecule has 100 valence electrons. The number of fused-ring (bicyclic) bond motifs is 1. The number of hydrogen-bond donors (Lipinski definition) is 1. The second-order valence-corrected chi connectivity index (χ2v) is 4.93. The lowest BCUT2D eigenvalue weighted by atomic mass is 10.3. The van der Waals surface area contributed by atoms with Gasteiger partial charge in [-0.15, -0.1) is 16.4 Å². The van der Waals surface area contributed by atoms with Gasteiger partial charge < -0.3 is 5.32 Å². The molecule has 0 radical (unpaired) electrons. The SMILES string of the molecule is CCNc1nc(Cn2cnc(C#N)n2)nc2sccc12. The van der Waals surface area contributed by atoms with Crippen molar-refractivity contribution in [3.05, 3.63) is 29.4 Å². The molecule has 0 amide bonds. The fourth-order valence-electron chi connectivity index (χ4n) is 1.84. The standard InChI is InChI=1S/C12H11N7S/c1-2-14-11-8-3-4-20-12(8)17-10(16-11)6-19-7-15-9(5-13)18-19/h3-4,7H,2,6H2,1H3,(H,14,16,17). The normalized spacial score (nSPS) is 10.6. The third-order valence-electron chi connectivity index (χ3n) is 2.66. The van der Waals surface area contributed by atoms with Gasteiger partial charge >= 0.3 is 0 Å². The van der Waals surface area contributed by atoms with Gasteiger partial charge in [0, 0.05) is 6.54 Å². The Morgan fingerprint density at radius 2 is 2.35 bits per heavy atom. The van der Waals surface area contributed by atoms with E-state index in [1.807, 2.05) is 24.4 Å². The highest BCUT2D eigenvalue weighted by Gasteiger charge is 2.09. The molecule has 0 spiro atoms. The first kappa shape index (κ1) is 12.5. The van der Waals surface area contributed by atoms with Gasteiger partial charge in [-0.3, -0.25) is 0 Å². The number of rotatable bonds is 4. The second-order valence-electron chi connectivity index (χ2n) is 4.04. The van der Waals surface area contributed by atoms with Crippen molar-refractivity contribution in [2.45, 2.75) is 13.5 Å². The van der Waals surface area contributed by atoms with Crippen LogP contribution in [-0.4, -0.2) is 31.3 Å². The number of nitriles is 1. The van der Waals surface area contributed by atoms with Crippen LogP contribution in [0.5, 0.6) is 0 Å². The molecule has 3 aromatic rings. The van der Waals surface area contributed by atoms with Gasteiger partial charge in [0.1, 0.15) is 29.6 Å². The molecule has 0 fully saturated rings. The first-order valence-corrected chi connectivity index (χ1v) is 6.95. The van der Waals surface area contributed by atoms with Crippen molar-refractivity contribution in [3.63, 3.8) is 0 Å². The third-order valence-corrected chi connectivity index (χ3v) is 3.46. The number of anilines is 1. The highest BCUT2D eigenvalue weighted by Crippen LogP contribution is 2.25. The predicted molar refractivity (Wildman–Crippen MR) is 75.4 cm³/mol. The van der Waals surface area contributed by atoms with E-state index in [2.05, 4.69) is 25.4 Å². The third kappa shape index (κ3) is 2.31. The minimum Gasteiger partial charge on any atom is -0.370 e. The van der Waals surface area contributed by atoms with Crippen LogP contribution in [0, 0.1) is 11.3 Å². The zero-order valence-corrected chi connectivity index (χ0v) is 11.6. The van der Waals surface area contributed by atoms with Crippen molar-refractivity contribution in [2.75, 3.05) is 11.9 Å². The van der Waals surface area contributed by atoms with Gasteiger partial charge in [-0.2, -0.15) is 5.26 Å². The Kier molecular flexibility index (Phi) is 3.26. The fourth-order valence-corrected chi connectivity index (χ4v) is 2.62. The van der Waals surface area contributed by atoms with Crippen LogP contribution >= 0.6 is 11.3 Å². The van der Waals surface area contributed by atoms with E-state index in [1.165, 1.54) is 6.33 Å². The quantitative estimate of drug-likeness (QED) is 0.783. The zero-order valence-electron chi connectivity index (χ0n) is 10.7. The molecule has 8 heteroatoms. The van der Waals surface area contributed by atoms with Crippen LogP contribution in [0.3, 0.4) is 0 Å². The summed E-state index contributed by atoms with van der Waals surface area (Å²) in [6.07, 6.45) is 1.51. The van der Waals surface area contributed by atoms with E-state index in [-0.39, 0.29) is 5.82 Å². The van der Waals surface area contributed by atoms with Crippen LogP contribution < -0.4 is 5.32 Å². The van der Waals surface area contributed by atoms with Gasteiger partial charge in [-0.1, -0.05) is 0 Å². The highest BCUT2D eigenvalue weighted by molar-refractivity contribution is 7.16. The number of thiophene rings is 1. The molecule has 0 aromatic carbocycles. The summed E-state index contributed by atoms with van der Waals surface area (Å²) in [5.41, 5.74) is 0. The average molecular weight is 285 g/mol. The minimum atomic E-state index is 0.147. The van der Waals surface area contributed by atoms with Crippen LogP contribution in [-0.2, 0) is 6.54 Å². The molecule has 20 heavy (non-hydrogen) atoms. The number of nitrogens with zero attached hydrogens (tertiary/aromatic N) is 6. The minimum absolute atomic E-state index is 0.147. The molecular weight excluding hydrogens is 274 g/mol. The van der Waals surface area contributed by atoms with Crippen molar-refractivity contribution in [2.24, 2.45) is 0 Å². The predicted octanol–water partition coefficient (Wildman–Crippen LogP) is 1.63. The summed E-state index contributed by atoms with van der Waals surface area (Å²) in [4.78, 5) is 13.8. The summed E-state index contributed by atoms with van der Waals surface area (Å²) in [7, 11) is 0. The lowest BCUT2D eigenvalue weighted by Gasteiger charge is -2.06. The van der Waals surface area contributed by atoms with Crippen molar-refractivity contribution in [1.82, 2.24) is 24.7 Å². The Balaban J connectivity index is 1.96. The molecule has 0 aliphatic heterocycles. The van der Waals surface area contributed by atoms with Gasteiger partial charge in [0.15, 0.2) is 5.82 Å². The van der Waals surface area contributed by atoms with Crippen LogP contribution in [0.1, 0.15) is 18.6 Å². The Labute approximate surface area is 118 Å². The van der Waals surface area contributed by atoms with Crippen LogP contribution in [0.25, 0.3) is 10.2 Å². The molecule has 3 heterocycles. The molecule has 0 bridgehead atoms. The summed E-state index contributed by atoms with van der Waals surface area (Å²) in [5, 5.41) is 19.0. The van der Waals surface area contributed by atoms with Gasteiger partial charge in [-0.25, -0.2) is 19.6 Å². The first-order valence-electron chi connectivity index (χ1n) is 6.07. The summed E-state index contributed by atoms with van der Waals surface area (Å²) in [5.74, 6) is 1.62. The molecule has 0 saturated heterocycles. The van der Waals surface area contributed by atoms with E-state index in [0.717, 1.165) is 22.6 Å². The maximum absolute atomic E-state index is 8.72. The molecule has 1 N–H and O–H groups in total. The number of aromatic nitrogens is 5. The number of hydrogen-bond acceptors (Lipinski definition) is 7. The molecule has 3 aromatic heterocycles. The smallest absolute Gasteiger partial charge is 0.252 e. The van der Waals surface area contributed by atoms with Crippen molar-refractivity contribution < 1.29 is 0 Å². The molecule has 0 aliphatic carbocycles. The Hall–Kier alpha value is -2.53. The molecule has 0 saturated carbocycles. The second kappa shape index (κ2) is 5.22. The van der Waals surface area contributed by atoms with E-state index in [0.29, 0.717) is 12.4 Å². The first-order chi connectivity index (χ1) is 9.80. The molecule has 0 aliphatic rings. The van der Waals surface area contributed by atoms with E-state index >= 15 is 0 Å². The summed E-state index contributed by atoms with van der Waals surface area (Å²) in [6.45, 7) is 3.21.